The van der Waals surface area contributed by atoms with Gasteiger partial charge in [0.25, 0.3) is 0 Å². The Hall–Kier alpha value is -3.62. The zero-order valence-corrected chi connectivity index (χ0v) is 12.5. The van der Waals surface area contributed by atoms with Crippen molar-refractivity contribution in [2.24, 2.45) is 0 Å². The van der Waals surface area contributed by atoms with Crippen LogP contribution in [-0.2, 0) is 0 Å². The summed E-state index contributed by atoms with van der Waals surface area (Å²) in [5.74, 6) is -7.44. The van der Waals surface area contributed by atoms with Crippen LogP contribution in [0.2, 0.25) is 0 Å². The number of carbonyl (C=O) groups excluding carboxylic acids is 2. The molecule has 0 saturated carbocycles. The van der Waals surface area contributed by atoms with E-state index in [4.69, 9.17) is 9.15 Å². The van der Waals surface area contributed by atoms with Gasteiger partial charge in [-0.1, -0.05) is 0 Å². The molecular weight excluding hydrogens is 357 g/mol. The number of aromatic carboxylic acids is 1. The fourth-order valence-electron chi connectivity index (χ4n) is 2.14. The van der Waals surface area contributed by atoms with E-state index in [-0.39, 0.29) is 22.8 Å². The number of benzene rings is 2. The Kier molecular flexibility index (Phi) is 4.21. The van der Waals surface area contributed by atoms with E-state index in [1.54, 1.807) is 0 Å². The Bertz CT molecular complexity index is 1120. The highest BCUT2D eigenvalue weighted by atomic mass is 19.2. The molecule has 0 aliphatic rings. The van der Waals surface area contributed by atoms with Crippen LogP contribution in [0, 0.1) is 17.5 Å². The van der Waals surface area contributed by atoms with Crippen LogP contribution < -0.4 is 15.5 Å². The van der Waals surface area contributed by atoms with E-state index in [2.05, 4.69) is 0 Å². The van der Waals surface area contributed by atoms with Gasteiger partial charge in [0, 0.05) is 17.5 Å². The molecule has 0 aliphatic carbocycles. The van der Waals surface area contributed by atoms with Gasteiger partial charge in [-0.05, 0) is 24.3 Å². The summed E-state index contributed by atoms with van der Waals surface area (Å²) in [4.78, 5) is 34.2. The number of esters is 1. The third kappa shape index (κ3) is 3.14. The van der Waals surface area contributed by atoms with Gasteiger partial charge in [0.05, 0.1) is 17.1 Å². The number of carboxylic acid groups (broad SMARTS) is 1. The van der Waals surface area contributed by atoms with Crippen molar-refractivity contribution in [3.05, 3.63) is 75.4 Å². The van der Waals surface area contributed by atoms with Crippen molar-refractivity contribution in [3.63, 3.8) is 0 Å². The van der Waals surface area contributed by atoms with E-state index in [0.717, 1.165) is 12.1 Å². The Labute approximate surface area is 142 Å². The van der Waals surface area contributed by atoms with Crippen molar-refractivity contribution in [1.82, 2.24) is 0 Å². The van der Waals surface area contributed by atoms with Crippen LogP contribution in [0.15, 0.2) is 45.6 Å². The molecule has 0 unspecified atom stereocenters. The third-order valence-electron chi connectivity index (χ3n) is 3.37. The van der Waals surface area contributed by atoms with Crippen LogP contribution in [0.1, 0.15) is 20.7 Å². The van der Waals surface area contributed by atoms with Crippen LogP contribution in [0.5, 0.6) is 5.75 Å². The fourth-order valence-corrected chi connectivity index (χ4v) is 2.14. The second-order valence-electron chi connectivity index (χ2n) is 5.07. The van der Waals surface area contributed by atoms with Crippen molar-refractivity contribution in [2.75, 3.05) is 0 Å². The molecule has 6 nitrogen and oxygen atoms in total. The first-order valence-electron chi connectivity index (χ1n) is 6.92. The number of hydrogen-bond donors (Lipinski definition) is 0. The molecule has 0 saturated heterocycles. The summed E-state index contributed by atoms with van der Waals surface area (Å²) in [5.41, 5.74) is -2.81. The number of carboxylic acids is 1. The maximum absolute atomic E-state index is 13.6. The molecule has 0 bridgehead atoms. The van der Waals surface area contributed by atoms with E-state index in [1.165, 1.54) is 12.1 Å². The van der Waals surface area contributed by atoms with Crippen LogP contribution in [-0.4, -0.2) is 11.9 Å². The van der Waals surface area contributed by atoms with Crippen LogP contribution in [0.3, 0.4) is 0 Å². The first-order valence-corrected chi connectivity index (χ1v) is 6.92. The quantitative estimate of drug-likeness (QED) is 0.305. The number of fused-ring (bicyclic) bond motifs is 1. The minimum absolute atomic E-state index is 0.115. The zero-order valence-electron chi connectivity index (χ0n) is 12.5. The first kappa shape index (κ1) is 17.2. The molecule has 1 aromatic heterocycles. The maximum atomic E-state index is 13.6. The van der Waals surface area contributed by atoms with Gasteiger partial charge in [-0.2, -0.15) is 0 Å². The summed E-state index contributed by atoms with van der Waals surface area (Å²) in [6.45, 7) is 0. The normalized spacial score (nSPS) is 10.7. The van der Waals surface area contributed by atoms with Crippen LogP contribution in [0.25, 0.3) is 11.0 Å². The Morgan fingerprint density at radius 1 is 0.923 bits per heavy atom. The molecule has 0 fully saturated rings. The standard InChI is InChI=1S/C17H7F3O6/c18-11-6-13(20)12(19)5-9(11)16(23)25-8-2-1-7-3-10(15(21)22)17(24)26-14(7)4-8/h1-6H,(H,21,22)/p-1. The summed E-state index contributed by atoms with van der Waals surface area (Å²) < 4.78 is 49.3. The second kappa shape index (κ2) is 6.36. The van der Waals surface area contributed by atoms with Crippen molar-refractivity contribution >= 4 is 22.9 Å². The molecule has 0 amide bonds. The molecule has 2 aromatic carbocycles. The molecule has 9 heteroatoms. The van der Waals surface area contributed by atoms with Crippen molar-refractivity contribution in [1.29, 1.82) is 0 Å². The number of carbonyl (C=O) groups is 2. The first-order chi connectivity index (χ1) is 12.3. The lowest BCUT2D eigenvalue weighted by Gasteiger charge is -2.07. The average Bonchev–Trinajstić information content (AvgIpc) is 2.57. The lowest BCUT2D eigenvalue weighted by atomic mass is 10.1. The van der Waals surface area contributed by atoms with Gasteiger partial charge >= 0.3 is 11.6 Å². The Morgan fingerprint density at radius 2 is 1.62 bits per heavy atom. The van der Waals surface area contributed by atoms with Gasteiger partial charge in [-0.3, -0.25) is 0 Å². The molecule has 3 aromatic rings. The van der Waals surface area contributed by atoms with Crippen LogP contribution in [0.4, 0.5) is 13.2 Å². The molecule has 0 aliphatic heterocycles. The minimum atomic E-state index is -1.72. The van der Waals surface area contributed by atoms with Crippen molar-refractivity contribution in [3.8, 4) is 5.75 Å². The zero-order chi connectivity index (χ0) is 19.0. The SMILES string of the molecule is O=C(Oc1ccc2cc(C(=O)[O-])c(=O)oc2c1)c1cc(F)c(F)cc1F. The maximum Gasteiger partial charge on any atom is 0.346 e. The smallest absolute Gasteiger partial charge is 0.346 e. The molecule has 3 rings (SSSR count). The van der Waals surface area contributed by atoms with Gasteiger partial charge in [0.15, 0.2) is 11.6 Å². The molecule has 0 spiro atoms. The molecule has 132 valence electrons. The minimum Gasteiger partial charge on any atom is -0.545 e. The number of halogens is 3. The Balaban J connectivity index is 1.95. The van der Waals surface area contributed by atoms with E-state index in [9.17, 15) is 32.7 Å². The van der Waals surface area contributed by atoms with Crippen molar-refractivity contribution in [2.45, 2.75) is 0 Å². The summed E-state index contributed by atoms with van der Waals surface area (Å²) >= 11 is 0. The van der Waals surface area contributed by atoms with Crippen LogP contribution >= 0.6 is 0 Å². The summed E-state index contributed by atoms with van der Waals surface area (Å²) in [6, 6.07) is 5.11. The largest absolute Gasteiger partial charge is 0.545 e. The summed E-state index contributed by atoms with van der Waals surface area (Å²) in [7, 11) is 0. The predicted octanol–water partition coefficient (Wildman–Crippen LogP) is 1.79. The highest BCUT2D eigenvalue weighted by molar-refractivity contribution is 5.93. The van der Waals surface area contributed by atoms with Crippen molar-refractivity contribution < 1.29 is 37.0 Å². The highest BCUT2D eigenvalue weighted by Crippen LogP contribution is 2.22. The van der Waals surface area contributed by atoms with E-state index in [0.29, 0.717) is 6.07 Å². The lowest BCUT2D eigenvalue weighted by Crippen LogP contribution is -2.28. The Morgan fingerprint density at radius 3 is 2.31 bits per heavy atom. The number of hydrogen-bond acceptors (Lipinski definition) is 6. The van der Waals surface area contributed by atoms with Gasteiger partial charge in [-0.25, -0.2) is 22.8 Å². The van der Waals surface area contributed by atoms with E-state index in [1.807, 2.05) is 0 Å². The fraction of sp³-hybridized carbons (Fsp3) is 0. The molecule has 1 heterocycles. The van der Waals surface area contributed by atoms with Gasteiger partial charge in [-0.15, -0.1) is 0 Å². The van der Waals surface area contributed by atoms with Gasteiger partial charge < -0.3 is 19.1 Å². The third-order valence-corrected chi connectivity index (χ3v) is 3.37. The predicted molar refractivity (Wildman–Crippen MR) is 78.1 cm³/mol. The average molecular weight is 363 g/mol. The second-order valence-corrected chi connectivity index (χ2v) is 5.07. The van der Waals surface area contributed by atoms with Gasteiger partial charge in [0.1, 0.15) is 17.1 Å². The van der Waals surface area contributed by atoms with Gasteiger partial charge in [0.2, 0.25) is 0 Å². The topological polar surface area (TPSA) is 96.6 Å². The number of rotatable bonds is 3. The molecule has 0 radical (unpaired) electrons. The monoisotopic (exact) mass is 363 g/mol. The molecule has 26 heavy (non-hydrogen) atoms. The summed E-state index contributed by atoms with van der Waals surface area (Å²) in [5, 5.41) is 11.0. The van der Waals surface area contributed by atoms with E-state index < -0.39 is 46.1 Å². The van der Waals surface area contributed by atoms with E-state index >= 15 is 0 Å². The molecule has 0 N–H and O–H groups in total. The molecular formula is C17H6F3O6-. The molecule has 0 atom stereocenters. The lowest BCUT2D eigenvalue weighted by molar-refractivity contribution is -0.255. The summed E-state index contributed by atoms with van der Waals surface area (Å²) in [6.07, 6.45) is 0. The number of ether oxygens (including phenoxy) is 1. The highest BCUT2D eigenvalue weighted by Gasteiger charge is 2.18.